The summed E-state index contributed by atoms with van der Waals surface area (Å²) < 4.78 is 17.6. The van der Waals surface area contributed by atoms with Gasteiger partial charge in [-0.25, -0.2) is 4.57 Å². The molecule has 0 aromatic carbocycles. The molecule has 0 heterocycles. The van der Waals surface area contributed by atoms with Gasteiger partial charge in [0.15, 0.2) is 17.4 Å². The smallest absolute Gasteiger partial charge is 1.00 e. The molecule has 0 aliphatic rings. The van der Waals surface area contributed by atoms with Crippen LogP contribution < -0.4 is 29.6 Å². The van der Waals surface area contributed by atoms with Crippen molar-refractivity contribution in [1.29, 1.82) is 0 Å². The van der Waals surface area contributed by atoms with Crippen LogP contribution in [0.5, 0.6) is 0 Å². The number of hydrogen-bond acceptors (Lipinski definition) is 2. The van der Waals surface area contributed by atoms with Crippen LogP contribution in [0.25, 0.3) is 0 Å². The minimum Gasteiger partial charge on any atom is -1.00 e. The Hall–Kier alpha value is 2.52. The quantitative estimate of drug-likeness (QED) is 0.218. The average Bonchev–Trinajstić information content (AvgIpc) is 1.19. The van der Waals surface area contributed by atoms with Gasteiger partial charge in [0.05, 0.1) is 0 Å². The van der Waals surface area contributed by atoms with E-state index in [-0.39, 0.29) is 88.9 Å². The van der Waals surface area contributed by atoms with Crippen LogP contribution in [-0.2, 0) is 9.03 Å². The summed E-state index contributed by atoms with van der Waals surface area (Å²) in [5.74, 6) is 0. The van der Waals surface area contributed by atoms with E-state index in [0.717, 1.165) is 0 Å². The Kier molecular flexibility index (Phi) is 39.0. The van der Waals surface area contributed by atoms with E-state index in [1.165, 1.54) is 0 Å². The zero-order valence-electron chi connectivity index (χ0n) is 8.71. The van der Waals surface area contributed by atoms with Gasteiger partial charge < -0.3 is 28.6 Å². The van der Waals surface area contributed by atoms with Crippen LogP contribution in [0.2, 0.25) is 0 Å². The van der Waals surface area contributed by atoms with Crippen molar-refractivity contribution in [2.45, 2.75) is 0 Å². The van der Waals surface area contributed by atoms with Crippen LogP contribution in [0, 0.1) is 0 Å². The number of rotatable bonds is 0. The van der Waals surface area contributed by atoms with Crippen molar-refractivity contribution in [2.24, 2.45) is 0 Å². The third-order valence-corrected chi connectivity index (χ3v) is 0. The maximum absolute atomic E-state index is 8.88. The molecule has 0 aromatic rings. The molecule has 0 radical (unpaired) electrons. The first-order valence-corrected chi connectivity index (χ1v) is 4.30. The predicted octanol–water partition coefficient (Wildman–Crippen LogP) is -6.77. The maximum atomic E-state index is 8.88. The van der Waals surface area contributed by atoms with Crippen molar-refractivity contribution < 1.29 is 67.1 Å². The van der Waals surface area contributed by atoms with E-state index < -0.39 is 17.0 Å². The molecular formula is H11AlCaNaO7PSi. The van der Waals surface area contributed by atoms with E-state index in [1.807, 2.05) is 0 Å². The van der Waals surface area contributed by atoms with Gasteiger partial charge in [-0.1, -0.05) is 0 Å². The molecule has 0 saturated heterocycles. The van der Waals surface area contributed by atoms with E-state index in [1.54, 1.807) is 0 Å². The fourth-order valence-corrected chi connectivity index (χ4v) is 0. The summed E-state index contributed by atoms with van der Waals surface area (Å²) in [4.78, 5) is 35.9. The van der Waals surface area contributed by atoms with Crippen LogP contribution in [0.15, 0.2) is 0 Å². The first kappa shape index (κ1) is 29.3. The van der Waals surface area contributed by atoms with Crippen molar-refractivity contribution in [3.63, 3.8) is 0 Å². The summed E-state index contributed by atoms with van der Waals surface area (Å²) in [6.07, 6.45) is 0. The SMILES string of the molecule is O=P(O)(O)O.O=[Si](O)O.[AlH3].[Ca+2].[H-].[H-].[H-].[Na+]. The minimum absolute atomic E-state index is 0. The normalized spacial score (nSPS) is 6.92. The van der Waals surface area contributed by atoms with Crippen molar-refractivity contribution in [3.05, 3.63) is 0 Å². The van der Waals surface area contributed by atoms with Crippen LogP contribution in [0.1, 0.15) is 4.28 Å². The molecule has 0 unspecified atom stereocenters. The van der Waals surface area contributed by atoms with E-state index in [2.05, 4.69) is 0 Å². The predicted molar refractivity (Wildman–Crippen MR) is 44.2 cm³/mol. The molecule has 0 bridgehead atoms. The van der Waals surface area contributed by atoms with Crippen LogP contribution in [0.3, 0.4) is 0 Å². The van der Waals surface area contributed by atoms with Gasteiger partial charge in [0.2, 0.25) is 0 Å². The molecule has 0 aromatic heterocycles. The molecule has 12 heteroatoms. The Labute approximate surface area is 137 Å². The van der Waals surface area contributed by atoms with Gasteiger partial charge in [-0.3, -0.25) is 4.46 Å². The summed E-state index contributed by atoms with van der Waals surface area (Å²) in [5, 5.41) is 0. The maximum Gasteiger partial charge on any atom is 2.00 e. The summed E-state index contributed by atoms with van der Waals surface area (Å²) in [7, 11) is -7.77. The Morgan fingerprint density at radius 1 is 1.17 bits per heavy atom. The largest absolute Gasteiger partial charge is 2.00 e. The van der Waals surface area contributed by atoms with Crippen molar-refractivity contribution >= 4 is 72.1 Å². The van der Waals surface area contributed by atoms with E-state index in [9.17, 15) is 0 Å². The monoisotopic (exact) mass is 272 g/mol. The molecule has 0 fully saturated rings. The molecule has 7 nitrogen and oxygen atoms in total. The Bertz CT molecular complexity index is 134. The molecule has 0 amide bonds. The summed E-state index contributed by atoms with van der Waals surface area (Å²) >= 11 is 0. The van der Waals surface area contributed by atoms with Crippen molar-refractivity contribution in [3.8, 4) is 0 Å². The minimum atomic E-state index is -4.64. The molecule has 0 atom stereocenters. The molecule has 0 saturated carbocycles. The Balaban J connectivity index is -0.00000000785. The van der Waals surface area contributed by atoms with E-state index in [4.69, 9.17) is 33.3 Å². The van der Waals surface area contributed by atoms with Gasteiger partial charge >= 0.3 is 84.3 Å². The van der Waals surface area contributed by atoms with Crippen LogP contribution >= 0.6 is 7.82 Å². The Morgan fingerprint density at radius 2 is 1.17 bits per heavy atom. The fourth-order valence-electron chi connectivity index (χ4n) is 0. The van der Waals surface area contributed by atoms with Gasteiger partial charge in [-0.15, -0.1) is 0 Å². The van der Waals surface area contributed by atoms with Gasteiger partial charge in [0.25, 0.3) is 0 Å². The zero-order valence-corrected chi connectivity index (χ0v) is 11.8. The van der Waals surface area contributed by atoms with Crippen LogP contribution in [-0.4, -0.2) is 88.5 Å². The topological polar surface area (TPSA) is 135 Å². The second kappa shape index (κ2) is 16.0. The molecule has 0 rings (SSSR count). The number of phosphoric acid groups is 1. The van der Waals surface area contributed by atoms with E-state index in [0.29, 0.717) is 0 Å². The molecule has 0 spiro atoms. The molecule has 68 valence electrons. The summed E-state index contributed by atoms with van der Waals surface area (Å²) in [5.41, 5.74) is 0. The summed E-state index contributed by atoms with van der Waals surface area (Å²) in [6.45, 7) is 0. The first-order valence-electron chi connectivity index (χ1n) is 1.43. The molecule has 0 aliphatic heterocycles. The second-order valence-corrected chi connectivity index (χ2v) is 2.39. The molecule has 5 N–H and O–H groups in total. The van der Waals surface area contributed by atoms with Crippen molar-refractivity contribution in [1.82, 2.24) is 0 Å². The van der Waals surface area contributed by atoms with Gasteiger partial charge in [0.1, 0.15) is 0 Å². The van der Waals surface area contributed by atoms with Crippen molar-refractivity contribution in [2.75, 3.05) is 0 Å². The van der Waals surface area contributed by atoms with Gasteiger partial charge in [0, 0.05) is 0 Å². The van der Waals surface area contributed by atoms with Gasteiger partial charge in [-0.2, -0.15) is 0 Å². The number of hydrogen-bond donors (Lipinski definition) is 5. The molecule has 0 aliphatic carbocycles. The molecule has 12 heavy (non-hydrogen) atoms. The fraction of sp³-hybridized carbons (Fsp3) is 0. The summed E-state index contributed by atoms with van der Waals surface area (Å²) in [6, 6.07) is 0. The first-order chi connectivity index (χ1) is 3.73. The third-order valence-electron chi connectivity index (χ3n) is 0. The van der Waals surface area contributed by atoms with Crippen LogP contribution in [0.4, 0.5) is 0 Å². The third kappa shape index (κ3) is 262. The zero-order chi connectivity index (χ0) is 8.08. The standard InChI is InChI=1S/Al.Ca.Na.H3O4P.H2O3Si.6H/c;;;1-5(2,3)4;1-4(2)3;;;;;;/h;;;(H3,1,2,3,4);1-2H;;;;;;/q;+2;+1;;;;;;3*-1. The molecular weight excluding hydrogens is 261 g/mol. The Morgan fingerprint density at radius 3 is 1.17 bits per heavy atom. The average molecular weight is 272 g/mol. The van der Waals surface area contributed by atoms with E-state index >= 15 is 0 Å². The van der Waals surface area contributed by atoms with Gasteiger partial charge in [-0.05, 0) is 0 Å². The second-order valence-electron chi connectivity index (χ2n) is 0.796.